The fraction of sp³-hybridized carbons (Fsp3) is 0.278. The molecule has 2 heterocycles. The average molecular weight is 389 g/mol. The molecule has 2 aromatic heterocycles. The van der Waals surface area contributed by atoms with Gasteiger partial charge in [-0.1, -0.05) is 53.1 Å². The highest BCUT2D eigenvalue weighted by Crippen LogP contribution is 2.31. The molecule has 1 fully saturated rings. The second-order valence-corrected chi connectivity index (χ2v) is 7.71. The Morgan fingerprint density at radius 3 is 2.73 bits per heavy atom. The lowest BCUT2D eigenvalue weighted by atomic mass is 10.1. The van der Waals surface area contributed by atoms with Crippen LogP contribution in [0.4, 0.5) is 10.9 Å². The van der Waals surface area contributed by atoms with Crippen molar-refractivity contribution in [2.45, 2.75) is 31.7 Å². The molecule has 1 aliphatic rings. The zero-order valence-electron chi connectivity index (χ0n) is 13.9. The molecule has 0 spiro atoms. The van der Waals surface area contributed by atoms with E-state index in [4.69, 9.17) is 21.9 Å². The van der Waals surface area contributed by atoms with Crippen LogP contribution in [0.1, 0.15) is 41.1 Å². The molecule has 0 unspecified atom stereocenters. The molecule has 134 valence electrons. The van der Waals surface area contributed by atoms with Gasteiger partial charge < -0.3 is 15.6 Å². The smallest absolute Gasteiger partial charge is 0.244 e. The number of anilines is 2. The highest BCUT2D eigenvalue weighted by Gasteiger charge is 2.24. The summed E-state index contributed by atoms with van der Waals surface area (Å²) in [6.45, 7) is 0. The van der Waals surface area contributed by atoms with E-state index >= 15 is 0 Å². The van der Waals surface area contributed by atoms with Crippen LogP contribution in [-0.2, 0) is 0 Å². The number of benzene rings is 1. The Kier molecular flexibility index (Phi) is 4.65. The van der Waals surface area contributed by atoms with Crippen molar-refractivity contribution in [2.75, 3.05) is 11.1 Å². The molecule has 0 bridgehead atoms. The number of ketones is 1. The molecule has 4 rings (SSSR count). The predicted molar refractivity (Wildman–Crippen MR) is 103 cm³/mol. The summed E-state index contributed by atoms with van der Waals surface area (Å²) in [5, 5.41) is 8.64. The minimum Gasteiger partial charge on any atom is -0.382 e. The van der Waals surface area contributed by atoms with E-state index in [0.29, 0.717) is 26.8 Å². The number of halogens is 1. The number of hydrogen-bond donors (Lipinski definition) is 2. The van der Waals surface area contributed by atoms with Gasteiger partial charge in [0, 0.05) is 22.7 Å². The summed E-state index contributed by atoms with van der Waals surface area (Å²) in [4.78, 5) is 17.4. The highest BCUT2D eigenvalue weighted by molar-refractivity contribution is 7.18. The predicted octanol–water partition coefficient (Wildman–Crippen LogP) is 4.62. The van der Waals surface area contributed by atoms with E-state index in [9.17, 15) is 4.79 Å². The van der Waals surface area contributed by atoms with Crippen LogP contribution in [0.5, 0.6) is 0 Å². The summed E-state index contributed by atoms with van der Waals surface area (Å²) in [5.74, 6) is 0.0369. The van der Waals surface area contributed by atoms with Crippen molar-refractivity contribution in [1.29, 1.82) is 0 Å². The van der Waals surface area contributed by atoms with Crippen LogP contribution in [-0.4, -0.2) is 22.0 Å². The second-order valence-electron chi connectivity index (χ2n) is 6.27. The zero-order chi connectivity index (χ0) is 18.1. The third-order valence-corrected chi connectivity index (χ3v) is 5.67. The Morgan fingerprint density at radius 2 is 2.00 bits per heavy atom. The first-order valence-corrected chi connectivity index (χ1v) is 9.60. The van der Waals surface area contributed by atoms with Gasteiger partial charge in [0.05, 0.1) is 0 Å². The molecule has 26 heavy (non-hydrogen) atoms. The molecule has 0 atom stereocenters. The topological polar surface area (TPSA) is 94.0 Å². The van der Waals surface area contributed by atoms with E-state index in [0.717, 1.165) is 18.4 Å². The molecule has 0 aliphatic heterocycles. The van der Waals surface area contributed by atoms with Crippen molar-refractivity contribution >= 4 is 39.7 Å². The van der Waals surface area contributed by atoms with Crippen LogP contribution >= 0.6 is 22.9 Å². The van der Waals surface area contributed by atoms with Gasteiger partial charge in [0.15, 0.2) is 5.13 Å². The van der Waals surface area contributed by atoms with E-state index in [-0.39, 0.29) is 17.4 Å². The molecular formula is C18H17ClN4O2S. The highest BCUT2D eigenvalue weighted by atomic mass is 35.5. The lowest BCUT2D eigenvalue weighted by molar-refractivity contribution is 0.100. The Hall–Kier alpha value is -2.38. The van der Waals surface area contributed by atoms with E-state index in [1.807, 2.05) is 12.1 Å². The first-order chi connectivity index (χ1) is 12.6. The van der Waals surface area contributed by atoms with Gasteiger partial charge in [0.2, 0.25) is 11.5 Å². The standard InChI is InChI=1S/C18H17ClN4O2S/c19-11-7-5-10(6-8-11)13-9-14(25-23-13)15(24)16-17(20)22-18(26-16)21-12-3-1-2-4-12/h5-9,12H,1-4,20H2,(H,21,22). The summed E-state index contributed by atoms with van der Waals surface area (Å²) >= 11 is 7.15. The Balaban J connectivity index is 1.54. The normalized spacial score (nSPS) is 14.7. The Labute approximate surface area is 159 Å². The molecule has 3 aromatic rings. The van der Waals surface area contributed by atoms with Crippen LogP contribution in [0, 0.1) is 0 Å². The maximum Gasteiger partial charge on any atom is 0.244 e. The van der Waals surface area contributed by atoms with Gasteiger partial charge in [-0.2, -0.15) is 0 Å². The van der Waals surface area contributed by atoms with Crippen molar-refractivity contribution in [3.63, 3.8) is 0 Å². The van der Waals surface area contributed by atoms with Gasteiger partial charge in [-0.25, -0.2) is 4.98 Å². The minimum atomic E-state index is -0.313. The van der Waals surface area contributed by atoms with E-state index in [1.165, 1.54) is 24.2 Å². The van der Waals surface area contributed by atoms with Crippen LogP contribution in [0.25, 0.3) is 11.3 Å². The molecule has 0 radical (unpaired) electrons. The summed E-state index contributed by atoms with van der Waals surface area (Å²) < 4.78 is 5.23. The second kappa shape index (κ2) is 7.09. The van der Waals surface area contributed by atoms with Gasteiger partial charge in [-0.3, -0.25) is 4.79 Å². The van der Waals surface area contributed by atoms with Gasteiger partial charge in [-0.05, 0) is 25.0 Å². The van der Waals surface area contributed by atoms with Gasteiger partial charge in [0.1, 0.15) is 16.4 Å². The van der Waals surface area contributed by atoms with Crippen LogP contribution < -0.4 is 11.1 Å². The number of aromatic nitrogens is 2. The third-order valence-electron chi connectivity index (χ3n) is 4.42. The number of carbonyl (C=O) groups excluding carboxylic acids is 1. The molecule has 0 saturated heterocycles. The molecule has 8 heteroatoms. The molecule has 0 amide bonds. The molecule has 1 aromatic carbocycles. The first kappa shape index (κ1) is 17.1. The maximum atomic E-state index is 12.7. The Morgan fingerprint density at radius 1 is 1.27 bits per heavy atom. The SMILES string of the molecule is Nc1nc(NC2CCCC2)sc1C(=O)c1cc(-c2ccc(Cl)cc2)no1. The first-order valence-electron chi connectivity index (χ1n) is 8.40. The van der Waals surface area contributed by atoms with Crippen LogP contribution in [0.2, 0.25) is 5.02 Å². The number of thiazole rings is 1. The van der Waals surface area contributed by atoms with Crippen molar-refractivity contribution < 1.29 is 9.32 Å². The molecular weight excluding hydrogens is 372 g/mol. The van der Waals surface area contributed by atoms with Crippen molar-refractivity contribution in [3.8, 4) is 11.3 Å². The number of carbonyl (C=O) groups is 1. The lowest BCUT2D eigenvalue weighted by Crippen LogP contribution is -2.14. The minimum absolute atomic E-state index is 0.137. The Bertz CT molecular complexity index is 929. The van der Waals surface area contributed by atoms with E-state index < -0.39 is 0 Å². The lowest BCUT2D eigenvalue weighted by Gasteiger charge is -2.09. The number of hydrogen-bond acceptors (Lipinski definition) is 7. The third kappa shape index (κ3) is 3.45. The zero-order valence-corrected chi connectivity index (χ0v) is 15.4. The average Bonchev–Trinajstić information content (AvgIpc) is 3.37. The molecule has 3 N–H and O–H groups in total. The van der Waals surface area contributed by atoms with Crippen molar-refractivity contribution in [3.05, 3.63) is 46.0 Å². The number of nitrogens with one attached hydrogen (secondary N) is 1. The largest absolute Gasteiger partial charge is 0.382 e. The fourth-order valence-corrected chi connectivity index (χ4v) is 4.08. The van der Waals surface area contributed by atoms with E-state index in [1.54, 1.807) is 18.2 Å². The summed E-state index contributed by atoms with van der Waals surface area (Å²) in [7, 11) is 0. The molecule has 1 aliphatic carbocycles. The van der Waals surface area contributed by atoms with Crippen LogP contribution in [0.15, 0.2) is 34.9 Å². The maximum absolute atomic E-state index is 12.7. The van der Waals surface area contributed by atoms with Crippen LogP contribution in [0.3, 0.4) is 0 Å². The summed E-state index contributed by atoms with van der Waals surface area (Å²) in [5.41, 5.74) is 7.33. The van der Waals surface area contributed by atoms with Gasteiger partial charge >= 0.3 is 0 Å². The number of nitrogens with zero attached hydrogens (tertiary/aromatic N) is 2. The summed E-state index contributed by atoms with van der Waals surface area (Å²) in [6, 6.07) is 9.17. The number of rotatable bonds is 5. The van der Waals surface area contributed by atoms with Gasteiger partial charge in [0.25, 0.3) is 0 Å². The van der Waals surface area contributed by atoms with Crippen molar-refractivity contribution in [2.24, 2.45) is 0 Å². The van der Waals surface area contributed by atoms with Gasteiger partial charge in [-0.15, -0.1) is 0 Å². The fourth-order valence-electron chi connectivity index (χ4n) is 3.05. The molecule has 1 saturated carbocycles. The summed E-state index contributed by atoms with van der Waals surface area (Å²) in [6.07, 6.45) is 4.68. The monoisotopic (exact) mass is 388 g/mol. The van der Waals surface area contributed by atoms with Crippen molar-refractivity contribution in [1.82, 2.24) is 10.1 Å². The molecule has 6 nitrogen and oxygen atoms in total. The van der Waals surface area contributed by atoms with E-state index in [2.05, 4.69) is 15.5 Å². The number of nitrogens with two attached hydrogens (primary N) is 1. The quantitative estimate of drug-likeness (QED) is 0.619. The number of nitrogen functional groups attached to an aromatic ring is 1.